The van der Waals surface area contributed by atoms with E-state index in [-0.39, 0.29) is 0 Å². The summed E-state index contributed by atoms with van der Waals surface area (Å²) in [5.74, 6) is 0.816. The molecule has 1 saturated heterocycles. The maximum Gasteiger partial charge on any atom is 0.0294 e. The quantitative estimate of drug-likeness (QED) is 0.840. The van der Waals surface area contributed by atoms with Gasteiger partial charge in [0.05, 0.1) is 0 Å². The number of rotatable bonds is 4. The van der Waals surface area contributed by atoms with E-state index < -0.39 is 0 Å². The lowest BCUT2D eigenvalue weighted by Gasteiger charge is -2.38. The highest BCUT2D eigenvalue weighted by Crippen LogP contribution is 2.32. The average molecular weight is 351 g/mol. The number of hydrogen-bond donors (Lipinski definition) is 2. The summed E-state index contributed by atoms with van der Waals surface area (Å²) in [4.78, 5) is 0. The van der Waals surface area contributed by atoms with Crippen LogP contribution in [0.3, 0.4) is 0 Å². The molecule has 1 aliphatic carbocycles. The van der Waals surface area contributed by atoms with Gasteiger partial charge in [-0.25, -0.2) is 0 Å². The van der Waals surface area contributed by atoms with Gasteiger partial charge in [-0.2, -0.15) is 0 Å². The van der Waals surface area contributed by atoms with Gasteiger partial charge in [0.1, 0.15) is 0 Å². The molecule has 1 heterocycles. The average Bonchev–Trinajstić information content (AvgIpc) is 3.02. The molecule has 2 nitrogen and oxygen atoms in total. The minimum Gasteiger partial charge on any atom is -0.314 e. The first-order valence-corrected chi connectivity index (χ1v) is 9.28. The van der Waals surface area contributed by atoms with Crippen LogP contribution in [-0.2, 0) is 0 Å². The molecule has 0 radical (unpaired) electrons. The largest absolute Gasteiger partial charge is 0.314 e. The second-order valence-corrected chi connectivity index (χ2v) is 7.62. The van der Waals surface area contributed by atoms with Crippen LogP contribution in [0.25, 0.3) is 0 Å². The molecule has 0 bridgehead atoms. The zero-order valence-corrected chi connectivity index (χ0v) is 14.5. The smallest absolute Gasteiger partial charge is 0.0294 e. The van der Waals surface area contributed by atoms with Crippen molar-refractivity contribution in [3.8, 4) is 0 Å². The van der Waals surface area contributed by atoms with Gasteiger partial charge >= 0.3 is 0 Å². The molecule has 0 aromatic heterocycles. The first kappa shape index (κ1) is 15.5. The Kier molecular flexibility index (Phi) is 5.36. The summed E-state index contributed by atoms with van der Waals surface area (Å²) in [5, 5.41) is 7.66. The number of hydrogen-bond acceptors (Lipinski definition) is 2. The summed E-state index contributed by atoms with van der Waals surface area (Å²) >= 11 is 3.58. The molecule has 1 saturated carbocycles. The van der Waals surface area contributed by atoms with Gasteiger partial charge < -0.3 is 10.6 Å². The Bertz CT molecular complexity index is 456. The molecule has 21 heavy (non-hydrogen) atoms. The van der Waals surface area contributed by atoms with Gasteiger partial charge in [-0.3, -0.25) is 0 Å². The van der Waals surface area contributed by atoms with E-state index in [4.69, 9.17) is 0 Å². The van der Waals surface area contributed by atoms with Crippen molar-refractivity contribution in [3.63, 3.8) is 0 Å². The fourth-order valence-corrected chi connectivity index (χ4v) is 4.54. The van der Waals surface area contributed by atoms with Crippen molar-refractivity contribution < 1.29 is 0 Å². The van der Waals surface area contributed by atoms with E-state index in [0.29, 0.717) is 12.1 Å². The normalized spacial score (nSPS) is 31.2. The van der Waals surface area contributed by atoms with Gasteiger partial charge in [-0.15, -0.1) is 0 Å². The van der Waals surface area contributed by atoms with Crippen LogP contribution in [0.5, 0.6) is 0 Å². The zero-order chi connectivity index (χ0) is 14.7. The molecule has 4 unspecified atom stereocenters. The molecular formula is C18H27BrN2. The van der Waals surface area contributed by atoms with Crippen molar-refractivity contribution >= 4 is 15.9 Å². The van der Waals surface area contributed by atoms with Crippen LogP contribution in [0.4, 0.5) is 0 Å². The van der Waals surface area contributed by atoms with Crippen molar-refractivity contribution in [2.24, 2.45) is 5.92 Å². The van der Waals surface area contributed by atoms with Crippen molar-refractivity contribution in [2.75, 3.05) is 6.54 Å². The van der Waals surface area contributed by atoms with Crippen LogP contribution in [0.1, 0.15) is 57.1 Å². The van der Waals surface area contributed by atoms with Crippen molar-refractivity contribution in [1.82, 2.24) is 10.6 Å². The Morgan fingerprint density at radius 1 is 1.19 bits per heavy atom. The van der Waals surface area contributed by atoms with E-state index >= 15 is 0 Å². The van der Waals surface area contributed by atoms with Crippen LogP contribution in [0.15, 0.2) is 28.7 Å². The molecule has 1 aromatic carbocycles. The van der Waals surface area contributed by atoms with Crippen LogP contribution < -0.4 is 10.6 Å². The predicted molar refractivity (Wildman–Crippen MR) is 92.5 cm³/mol. The van der Waals surface area contributed by atoms with Gasteiger partial charge in [0, 0.05) is 22.6 Å². The summed E-state index contributed by atoms with van der Waals surface area (Å²) < 4.78 is 1.17. The molecule has 0 amide bonds. The Hall–Kier alpha value is -0.380. The summed E-state index contributed by atoms with van der Waals surface area (Å²) in [6, 6.07) is 10.5. The molecule has 3 heteroatoms. The Morgan fingerprint density at radius 2 is 2.05 bits per heavy atom. The van der Waals surface area contributed by atoms with Gasteiger partial charge in [0.25, 0.3) is 0 Å². The lowest BCUT2D eigenvalue weighted by Crippen LogP contribution is -2.47. The molecule has 2 aliphatic rings. The highest BCUT2D eigenvalue weighted by molar-refractivity contribution is 9.10. The van der Waals surface area contributed by atoms with Crippen LogP contribution >= 0.6 is 15.9 Å². The van der Waals surface area contributed by atoms with Crippen LogP contribution in [0.2, 0.25) is 0 Å². The maximum atomic E-state index is 3.93. The van der Waals surface area contributed by atoms with Crippen molar-refractivity contribution in [1.29, 1.82) is 0 Å². The van der Waals surface area contributed by atoms with E-state index in [1.807, 2.05) is 0 Å². The minimum absolute atomic E-state index is 0.425. The third-order valence-electron chi connectivity index (χ3n) is 5.25. The van der Waals surface area contributed by atoms with E-state index in [1.54, 1.807) is 0 Å². The fourth-order valence-electron chi connectivity index (χ4n) is 4.12. The molecule has 0 spiro atoms. The lowest BCUT2D eigenvalue weighted by atomic mass is 9.79. The second kappa shape index (κ2) is 7.26. The monoisotopic (exact) mass is 350 g/mol. The second-order valence-electron chi connectivity index (χ2n) is 6.70. The fraction of sp³-hybridized carbons (Fsp3) is 0.667. The highest BCUT2D eigenvalue weighted by Gasteiger charge is 2.33. The van der Waals surface area contributed by atoms with E-state index in [1.165, 1.54) is 55.1 Å². The summed E-state index contributed by atoms with van der Waals surface area (Å²) in [6.07, 6.45) is 8.24. The standard InChI is InChI=1S/C18H27BrN2/c1-13(14-6-4-7-15(19)12-14)21-18-9-3-2-8-16(18)17-10-5-11-20-17/h4,6-7,12-13,16-18,20-21H,2-3,5,8-11H2,1H3. The van der Waals surface area contributed by atoms with Gasteiger partial charge in [0.2, 0.25) is 0 Å². The molecule has 2 N–H and O–H groups in total. The van der Waals surface area contributed by atoms with Gasteiger partial charge in [0.15, 0.2) is 0 Å². The first-order valence-electron chi connectivity index (χ1n) is 8.49. The highest BCUT2D eigenvalue weighted by atomic mass is 79.9. The third kappa shape index (κ3) is 3.88. The molecule has 3 rings (SSSR count). The molecule has 116 valence electrons. The molecule has 2 fully saturated rings. The van der Waals surface area contributed by atoms with E-state index in [9.17, 15) is 0 Å². The van der Waals surface area contributed by atoms with Crippen LogP contribution in [0, 0.1) is 5.92 Å². The first-order chi connectivity index (χ1) is 10.2. The summed E-state index contributed by atoms with van der Waals surface area (Å²) in [6.45, 7) is 3.52. The molecule has 1 aromatic rings. The molecule has 4 atom stereocenters. The lowest BCUT2D eigenvalue weighted by molar-refractivity contribution is 0.203. The zero-order valence-electron chi connectivity index (χ0n) is 12.9. The Labute approximate surface area is 137 Å². The Morgan fingerprint density at radius 3 is 2.81 bits per heavy atom. The van der Waals surface area contributed by atoms with Crippen molar-refractivity contribution in [3.05, 3.63) is 34.3 Å². The third-order valence-corrected chi connectivity index (χ3v) is 5.74. The minimum atomic E-state index is 0.425. The summed E-state index contributed by atoms with van der Waals surface area (Å²) in [7, 11) is 0. The van der Waals surface area contributed by atoms with Crippen molar-refractivity contribution in [2.45, 2.75) is 63.6 Å². The van der Waals surface area contributed by atoms with E-state index in [2.05, 4.69) is 57.8 Å². The van der Waals surface area contributed by atoms with Gasteiger partial charge in [-0.1, -0.05) is 40.9 Å². The predicted octanol–water partition coefficient (Wildman–Crippen LogP) is 4.41. The van der Waals surface area contributed by atoms with Gasteiger partial charge in [-0.05, 0) is 62.8 Å². The topological polar surface area (TPSA) is 24.1 Å². The maximum absolute atomic E-state index is 3.93. The number of nitrogens with one attached hydrogen (secondary N) is 2. The van der Waals surface area contributed by atoms with Crippen LogP contribution in [-0.4, -0.2) is 18.6 Å². The van der Waals surface area contributed by atoms with E-state index in [0.717, 1.165) is 12.0 Å². The Balaban J connectivity index is 1.66. The number of halogens is 1. The number of benzene rings is 1. The summed E-state index contributed by atoms with van der Waals surface area (Å²) in [5.41, 5.74) is 1.38. The SMILES string of the molecule is CC(NC1CCCCC1C1CCCN1)c1cccc(Br)c1. The molecule has 1 aliphatic heterocycles. The molecular weight excluding hydrogens is 324 g/mol.